The monoisotopic (exact) mass is 331 g/mol. The number of aryl methyl sites for hydroxylation is 1. The summed E-state index contributed by atoms with van der Waals surface area (Å²) in [5, 5.41) is 3.89. The topological polar surface area (TPSA) is 38.3 Å². The van der Waals surface area contributed by atoms with E-state index in [0.717, 1.165) is 16.8 Å². The van der Waals surface area contributed by atoms with Gasteiger partial charge in [0.2, 0.25) is 0 Å². The van der Waals surface area contributed by atoms with Crippen molar-refractivity contribution in [2.75, 3.05) is 5.32 Å². The van der Waals surface area contributed by atoms with Crippen LogP contribution in [0.25, 0.3) is 0 Å². The molecule has 0 aliphatic rings. The van der Waals surface area contributed by atoms with E-state index in [1.165, 1.54) is 0 Å². The van der Waals surface area contributed by atoms with Crippen molar-refractivity contribution in [1.82, 2.24) is 0 Å². The van der Waals surface area contributed by atoms with Crippen molar-refractivity contribution in [2.24, 2.45) is 0 Å². The molecular weight excluding hydrogens is 310 g/mol. The third-order valence-corrected chi connectivity index (χ3v) is 3.43. The fourth-order valence-corrected chi connectivity index (χ4v) is 2.32. The third kappa shape index (κ3) is 5.29. The summed E-state index contributed by atoms with van der Waals surface area (Å²) in [6, 6.07) is 14.5. The number of benzene rings is 2. The van der Waals surface area contributed by atoms with E-state index in [4.69, 9.17) is 16.3 Å². The van der Waals surface area contributed by atoms with Gasteiger partial charge in [0.25, 0.3) is 0 Å². The van der Waals surface area contributed by atoms with Gasteiger partial charge in [0.15, 0.2) is 6.04 Å². The van der Waals surface area contributed by atoms with Crippen molar-refractivity contribution in [2.45, 2.75) is 39.3 Å². The highest BCUT2D eigenvalue weighted by atomic mass is 35.5. The van der Waals surface area contributed by atoms with Crippen LogP contribution in [0.1, 0.15) is 37.9 Å². The molecule has 2 rings (SSSR count). The number of nitrogens with one attached hydrogen (secondary N) is 1. The molecule has 2 aromatic carbocycles. The molecule has 2 aromatic rings. The molecule has 0 amide bonds. The van der Waals surface area contributed by atoms with Gasteiger partial charge in [-0.25, -0.2) is 4.79 Å². The first-order valence-electron chi connectivity index (χ1n) is 7.56. The van der Waals surface area contributed by atoms with Crippen molar-refractivity contribution >= 4 is 23.3 Å². The SMILES string of the molecule is Cc1cccc(NC(C(=O)OC(C)(C)C)c2ccc(Cl)cc2)c1. The Morgan fingerprint density at radius 2 is 1.78 bits per heavy atom. The highest BCUT2D eigenvalue weighted by molar-refractivity contribution is 6.30. The average molecular weight is 332 g/mol. The molecule has 122 valence electrons. The van der Waals surface area contributed by atoms with E-state index in [9.17, 15) is 4.79 Å². The van der Waals surface area contributed by atoms with Crippen molar-refractivity contribution in [3.05, 3.63) is 64.7 Å². The van der Waals surface area contributed by atoms with Gasteiger partial charge < -0.3 is 10.1 Å². The summed E-state index contributed by atoms with van der Waals surface area (Å²) in [6.45, 7) is 7.58. The zero-order valence-electron chi connectivity index (χ0n) is 13.9. The molecule has 23 heavy (non-hydrogen) atoms. The minimum atomic E-state index is -0.590. The highest BCUT2D eigenvalue weighted by Crippen LogP contribution is 2.25. The zero-order chi connectivity index (χ0) is 17.0. The van der Waals surface area contributed by atoms with Crippen molar-refractivity contribution < 1.29 is 9.53 Å². The minimum absolute atomic E-state index is 0.318. The second-order valence-electron chi connectivity index (χ2n) is 6.53. The fourth-order valence-electron chi connectivity index (χ4n) is 2.20. The number of hydrogen-bond donors (Lipinski definition) is 1. The van der Waals surface area contributed by atoms with E-state index in [-0.39, 0.29) is 5.97 Å². The molecule has 0 saturated heterocycles. The lowest BCUT2D eigenvalue weighted by molar-refractivity contribution is -0.156. The van der Waals surface area contributed by atoms with Crippen molar-refractivity contribution in [1.29, 1.82) is 0 Å². The van der Waals surface area contributed by atoms with Gasteiger partial charge in [0, 0.05) is 10.7 Å². The Balaban J connectivity index is 2.30. The second-order valence-corrected chi connectivity index (χ2v) is 6.97. The molecule has 0 aliphatic carbocycles. The van der Waals surface area contributed by atoms with Crippen LogP contribution in [0.15, 0.2) is 48.5 Å². The van der Waals surface area contributed by atoms with Crippen LogP contribution in [0.3, 0.4) is 0 Å². The molecule has 0 saturated carbocycles. The molecule has 0 bridgehead atoms. The van der Waals surface area contributed by atoms with Crippen LogP contribution in [0.2, 0.25) is 5.02 Å². The van der Waals surface area contributed by atoms with Crippen molar-refractivity contribution in [3.8, 4) is 0 Å². The van der Waals surface area contributed by atoms with E-state index in [1.54, 1.807) is 12.1 Å². The molecule has 1 unspecified atom stereocenters. The predicted molar refractivity (Wildman–Crippen MR) is 94.8 cm³/mol. The number of halogens is 1. The number of anilines is 1. The molecule has 4 heteroatoms. The maximum atomic E-state index is 12.6. The van der Waals surface area contributed by atoms with Gasteiger partial charge in [-0.3, -0.25) is 0 Å². The summed E-state index contributed by atoms with van der Waals surface area (Å²) < 4.78 is 5.55. The van der Waals surface area contributed by atoms with Crippen LogP contribution < -0.4 is 5.32 Å². The Bertz CT molecular complexity index is 675. The van der Waals surface area contributed by atoms with E-state index in [2.05, 4.69) is 5.32 Å². The van der Waals surface area contributed by atoms with Gasteiger partial charge in [0.1, 0.15) is 5.60 Å². The van der Waals surface area contributed by atoms with Crippen molar-refractivity contribution in [3.63, 3.8) is 0 Å². The normalized spacial score (nSPS) is 12.6. The summed E-state index contributed by atoms with van der Waals surface area (Å²) >= 11 is 5.95. The van der Waals surface area contributed by atoms with Crippen LogP contribution in [-0.4, -0.2) is 11.6 Å². The number of hydrogen-bond acceptors (Lipinski definition) is 3. The van der Waals surface area contributed by atoms with E-state index >= 15 is 0 Å². The smallest absolute Gasteiger partial charge is 0.333 e. The summed E-state index contributed by atoms with van der Waals surface area (Å²) in [6.07, 6.45) is 0. The Labute approximate surface area is 142 Å². The minimum Gasteiger partial charge on any atom is -0.458 e. The Kier molecular flexibility index (Phi) is 5.32. The lowest BCUT2D eigenvalue weighted by Gasteiger charge is -2.25. The molecule has 0 aliphatic heterocycles. The molecule has 0 fully saturated rings. The van der Waals surface area contributed by atoms with Crippen LogP contribution >= 0.6 is 11.6 Å². The Morgan fingerprint density at radius 1 is 1.13 bits per heavy atom. The second kappa shape index (κ2) is 7.05. The lowest BCUT2D eigenvalue weighted by Crippen LogP contribution is -2.31. The van der Waals surface area contributed by atoms with Gasteiger partial charge >= 0.3 is 5.97 Å². The van der Waals surface area contributed by atoms with Gasteiger partial charge in [0.05, 0.1) is 0 Å². The molecular formula is C19H22ClNO2. The zero-order valence-corrected chi connectivity index (χ0v) is 14.6. The molecule has 0 radical (unpaired) electrons. The van der Waals surface area contributed by atoms with Gasteiger partial charge in [-0.15, -0.1) is 0 Å². The van der Waals surface area contributed by atoms with Crippen LogP contribution in [-0.2, 0) is 9.53 Å². The average Bonchev–Trinajstić information content (AvgIpc) is 2.44. The quantitative estimate of drug-likeness (QED) is 0.788. The molecule has 1 N–H and O–H groups in total. The van der Waals surface area contributed by atoms with Crippen LogP contribution in [0, 0.1) is 6.92 Å². The highest BCUT2D eigenvalue weighted by Gasteiger charge is 2.26. The summed E-state index contributed by atoms with van der Waals surface area (Å²) in [5.41, 5.74) is 2.26. The Morgan fingerprint density at radius 3 is 2.35 bits per heavy atom. The fraction of sp³-hybridized carbons (Fsp3) is 0.316. The predicted octanol–water partition coefficient (Wildman–Crippen LogP) is 5.14. The van der Waals surface area contributed by atoms with E-state index in [0.29, 0.717) is 5.02 Å². The Hall–Kier alpha value is -2.00. The maximum Gasteiger partial charge on any atom is 0.333 e. The lowest BCUT2D eigenvalue weighted by atomic mass is 10.1. The molecule has 0 aromatic heterocycles. The first-order valence-corrected chi connectivity index (χ1v) is 7.94. The summed E-state index contributed by atoms with van der Waals surface area (Å²) in [7, 11) is 0. The number of rotatable bonds is 4. The van der Waals surface area contributed by atoms with E-state index in [1.807, 2.05) is 64.1 Å². The third-order valence-electron chi connectivity index (χ3n) is 3.17. The van der Waals surface area contributed by atoms with Crippen LogP contribution in [0.5, 0.6) is 0 Å². The van der Waals surface area contributed by atoms with Gasteiger partial charge in [-0.2, -0.15) is 0 Å². The number of esters is 1. The first-order chi connectivity index (χ1) is 10.7. The standard InChI is InChI=1S/C19H22ClNO2/c1-13-6-5-7-16(12-13)21-17(18(22)23-19(2,3)4)14-8-10-15(20)11-9-14/h5-12,17,21H,1-4H3. The number of ether oxygens (including phenoxy) is 1. The number of carbonyl (C=O) groups is 1. The molecule has 3 nitrogen and oxygen atoms in total. The number of carbonyl (C=O) groups excluding carboxylic acids is 1. The molecule has 1 atom stereocenters. The first kappa shape index (κ1) is 17.4. The maximum absolute atomic E-state index is 12.6. The molecule has 0 heterocycles. The molecule has 0 spiro atoms. The van der Waals surface area contributed by atoms with Crippen LogP contribution in [0.4, 0.5) is 5.69 Å². The van der Waals surface area contributed by atoms with Gasteiger partial charge in [-0.05, 0) is 63.1 Å². The summed E-state index contributed by atoms with van der Waals surface area (Å²) in [5.74, 6) is -0.318. The largest absolute Gasteiger partial charge is 0.458 e. The van der Waals surface area contributed by atoms with Gasteiger partial charge in [-0.1, -0.05) is 35.9 Å². The van der Waals surface area contributed by atoms with E-state index < -0.39 is 11.6 Å². The summed E-state index contributed by atoms with van der Waals surface area (Å²) in [4.78, 5) is 12.6.